The summed E-state index contributed by atoms with van der Waals surface area (Å²) in [6.45, 7) is 3.55. The first kappa shape index (κ1) is 11.1. The number of likely N-dealkylation sites (N-methyl/N-ethyl adjacent to an activating group) is 1. The number of carbonyl (C=O) groups excluding carboxylic acids is 1. The topological polar surface area (TPSA) is 32.3 Å². The molecule has 0 unspecified atom stereocenters. The van der Waals surface area contributed by atoms with Gasteiger partial charge >= 0.3 is 0 Å². The van der Waals surface area contributed by atoms with E-state index in [1.807, 2.05) is 26.1 Å². The largest absolute Gasteiger partial charge is 0.345 e. The molecule has 0 aliphatic carbocycles. The van der Waals surface area contributed by atoms with E-state index in [1.54, 1.807) is 4.90 Å². The number of carbonyl (C=O) groups is 1. The Morgan fingerprint density at radius 3 is 2.81 bits per heavy atom. The fraction of sp³-hybridized carbons (Fsp3) is 0.462. The SMILES string of the molecule is CCN(C)C(=O)[C@H]1Cc2ccccc2CN1. The van der Waals surface area contributed by atoms with Gasteiger partial charge < -0.3 is 10.2 Å². The quantitative estimate of drug-likeness (QED) is 0.808. The van der Waals surface area contributed by atoms with Crippen LogP contribution in [0.3, 0.4) is 0 Å². The summed E-state index contributed by atoms with van der Waals surface area (Å²) in [6.07, 6.45) is 0.805. The molecule has 0 bridgehead atoms. The van der Waals surface area contributed by atoms with Crippen molar-refractivity contribution < 1.29 is 4.79 Å². The lowest BCUT2D eigenvalue weighted by atomic mass is 9.95. The Morgan fingerprint density at radius 2 is 2.12 bits per heavy atom. The molecule has 1 aromatic rings. The number of fused-ring (bicyclic) bond motifs is 1. The number of nitrogens with zero attached hydrogens (tertiary/aromatic N) is 1. The van der Waals surface area contributed by atoms with Gasteiger partial charge in [0.2, 0.25) is 5.91 Å². The van der Waals surface area contributed by atoms with Gasteiger partial charge in [-0.15, -0.1) is 0 Å². The predicted octanol–water partition coefficient (Wildman–Crippen LogP) is 1.18. The summed E-state index contributed by atoms with van der Waals surface area (Å²) in [4.78, 5) is 13.8. The Balaban J connectivity index is 2.11. The Hall–Kier alpha value is -1.35. The minimum Gasteiger partial charge on any atom is -0.345 e. The molecule has 1 aromatic carbocycles. The summed E-state index contributed by atoms with van der Waals surface area (Å²) in [5, 5.41) is 3.30. The number of benzene rings is 1. The van der Waals surface area contributed by atoms with Gasteiger partial charge in [0.05, 0.1) is 6.04 Å². The minimum absolute atomic E-state index is 0.0557. The molecule has 3 heteroatoms. The fourth-order valence-corrected chi connectivity index (χ4v) is 2.05. The Labute approximate surface area is 96.5 Å². The monoisotopic (exact) mass is 218 g/mol. The highest BCUT2D eigenvalue weighted by Gasteiger charge is 2.25. The van der Waals surface area contributed by atoms with E-state index in [0.29, 0.717) is 0 Å². The average molecular weight is 218 g/mol. The van der Waals surface area contributed by atoms with Crippen molar-refractivity contribution in [3.63, 3.8) is 0 Å². The van der Waals surface area contributed by atoms with Gasteiger partial charge in [0, 0.05) is 20.1 Å². The van der Waals surface area contributed by atoms with E-state index < -0.39 is 0 Å². The van der Waals surface area contributed by atoms with Gasteiger partial charge in [0.1, 0.15) is 0 Å². The minimum atomic E-state index is -0.0557. The van der Waals surface area contributed by atoms with Crippen molar-refractivity contribution >= 4 is 5.91 Å². The maximum absolute atomic E-state index is 12.0. The van der Waals surface area contributed by atoms with Crippen molar-refractivity contribution in [2.24, 2.45) is 0 Å². The Kier molecular flexibility index (Phi) is 3.25. The lowest BCUT2D eigenvalue weighted by Crippen LogP contribution is -2.48. The standard InChI is InChI=1S/C13H18N2O/c1-3-15(2)13(16)12-8-10-6-4-5-7-11(10)9-14-12/h4-7,12,14H,3,8-9H2,1-2H3/t12-/m1/s1. The zero-order valence-corrected chi connectivity index (χ0v) is 9.86. The molecule has 1 atom stereocenters. The summed E-state index contributed by atoms with van der Waals surface area (Å²) in [6, 6.07) is 8.25. The van der Waals surface area contributed by atoms with E-state index in [2.05, 4.69) is 17.4 Å². The third kappa shape index (κ3) is 2.09. The molecule has 0 spiro atoms. The molecule has 86 valence electrons. The molecule has 1 aliphatic rings. The predicted molar refractivity (Wildman–Crippen MR) is 64.1 cm³/mol. The van der Waals surface area contributed by atoms with E-state index in [1.165, 1.54) is 11.1 Å². The van der Waals surface area contributed by atoms with Crippen LogP contribution in [0.4, 0.5) is 0 Å². The zero-order chi connectivity index (χ0) is 11.5. The molecule has 1 heterocycles. The lowest BCUT2D eigenvalue weighted by Gasteiger charge is -2.28. The first-order valence-electron chi connectivity index (χ1n) is 5.77. The second-order valence-corrected chi connectivity index (χ2v) is 4.26. The summed E-state index contributed by atoms with van der Waals surface area (Å²) in [5.41, 5.74) is 2.61. The number of hydrogen-bond acceptors (Lipinski definition) is 2. The lowest BCUT2D eigenvalue weighted by molar-refractivity contribution is -0.132. The van der Waals surface area contributed by atoms with Crippen LogP contribution in [0, 0.1) is 0 Å². The summed E-state index contributed by atoms with van der Waals surface area (Å²) in [7, 11) is 1.85. The third-order valence-electron chi connectivity index (χ3n) is 3.23. The van der Waals surface area contributed by atoms with E-state index in [9.17, 15) is 4.79 Å². The Bertz CT molecular complexity index is 389. The molecule has 0 saturated carbocycles. The summed E-state index contributed by atoms with van der Waals surface area (Å²) < 4.78 is 0. The van der Waals surface area contributed by atoms with E-state index in [0.717, 1.165) is 19.5 Å². The molecule has 0 aromatic heterocycles. The Morgan fingerprint density at radius 1 is 1.44 bits per heavy atom. The van der Waals surface area contributed by atoms with Crippen LogP contribution in [-0.4, -0.2) is 30.4 Å². The second kappa shape index (κ2) is 4.66. The van der Waals surface area contributed by atoms with Gasteiger partial charge in [-0.2, -0.15) is 0 Å². The number of hydrogen-bond donors (Lipinski definition) is 1. The average Bonchev–Trinajstić information content (AvgIpc) is 2.36. The smallest absolute Gasteiger partial charge is 0.239 e. The molecule has 16 heavy (non-hydrogen) atoms. The van der Waals surface area contributed by atoms with Crippen molar-refractivity contribution in [1.82, 2.24) is 10.2 Å². The maximum Gasteiger partial charge on any atom is 0.239 e. The molecular weight excluding hydrogens is 200 g/mol. The van der Waals surface area contributed by atoms with Crippen LogP contribution in [0.2, 0.25) is 0 Å². The van der Waals surface area contributed by atoms with Crippen LogP contribution in [0.25, 0.3) is 0 Å². The molecule has 3 nitrogen and oxygen atoms in total. The van der Waals surface area contributed by atoms with Crippen molar-refractivity contribution in [2.45, 2.75) is 25.9 Å². The molecule has 1 amide bonds. The van der Waals surface area contributed by atoms with E-state index in [4.69, 9.17) is 0 Å². The molecule has 0 saturated heterocycles. The van der Waals surface area contributed by atoms with Crippen molar-refractivity contribution in [3.05, 3.63) is 35.4 Å². The van der Waals surface area contributed by atoms with Gasteiger partial charge in [0.15, 0.2) is 0 Å². The van der Waals surface area contributed by atoms with Crippen LogP contribution in [0.1, 0.15) is 18.1 Å². The normalized spacial score (nSPS) is 19.0. The van der Waals surface area contributed by atoms with E-state index >= 15 is 0 Å². The molecule has 2 rings (SSSR count). The van der Waals surface area contributed by atoms with Crippen LogP contribution >= 0.6 is 0 Å². The molecule has 0 fully saturated rings. The van der Waals surface area contributed by atoms with Crippen LogP contribution < -0.4 is 5.32 Å². The highest BCUT2D eigenvalue weighted by molar-refractivity contribution is 5.82. The third-order valence-corrected chi connectivity index (χ3v) is 3.23. The molecular formula is C13H18N2O. The van der Waals surface area contributed by atoms with Gasteiger partial charge in [-0.05, 0) is 24.5 Å². The highest BCUT2D eigenvalue weighted by atomic mass is 16.2. The number of rotatable bonds is 2. The summed E-state index contributed by atoms with van der Waals surface area (Å²) in [5.74, 6) is 0.192. The first-order valence-corrected chi connectivity index (χ1v) is 5.77. The molecule has 1 aliphatic heterocycles. The molecule has 0 radical (unpaired) electrons. The molecule has 1 N–H and O–H groups in total. The van der Waals surface area contributed by atoms with E-state index in [-0.39, 0.29) is 11.9 Å². The van der Waals surface area contributed by atoms with Crippen molar-refractivity contribution in [1.29, 1.82) is 0 Å². The van der Waals surface area contributed by atoms with Crippen molar-refractivity contribution in [3.8, 4) is 0 Å². The van der Waals surface area contributed by atoms with Crippen molar-refractivity contribution in [2.75, 3.05) is 13.6 Å². The van der Waals surface area contributed by atoms with Gasteiger partial charge in [-0.3, -0.25) is 4.79 Å². The number of amides is 1. The second-order valence-electron chi connectivity index (χ2n) is 4.26. The highest BCUT2D eigenvalue weighted by Crippen LogP contribution is 2.16. The van der Waals surface area contributed by atoms with Crippen LogP contribution in [0.15, 0.2) is 24.3 Å². The van der Waals surface area contributed by atoms with Gasteiger partial charge in [0.25, 0.3) is 0 Å². The maximum atomic E-state index is 12.0. The van der Waals surface area contributed by atoms with Crippen LogP contribution in [0.5, 0.6) is 0 Å². The first-order chi connectivity index (χ1) is 7.72. The van der Waals surface area contributed by atoms with Crippen LogP contribution in [-0.2, 0) is 17.8 Å². The van der Waals surface area contributed by atoms with Gasteiger partial charge in [-0.25, -0.2) is 0 Å². The summed E-state index contributed by atoms with van der Waals surface area (Å²) >= 11 is 0. The zero-order valence-electron chi connectivity index (χ0n) is 9.86. The number of nitrogens with one attached hydrogen (secondary N) is 1. The fourth-order valence-electron chi connectivity index (χ4n) is 2.05. The van der Waals surface area contributed by atoms with Gasteiger partial charge in [-0.1, -0.05) is 24.3 Å².